The number of likely N-dealkylation sites (tertiary alicyclic amines) is 1. The van der Waals surface area contributed by atoms with Crippen LogP contribution in [0.25, 0.3) is 0 Å². The molecule has 1 N–H and O–H groups in total. The Balaban J connectivity index is 1.23. The number of benzene rings is 2. The van der Waals surface area contributed by atoms with E-state index in [1.807, 2.05) is 12.1 Å². The van der Waals surface area contributed by atoms with Crippen LogP contribution in [0.5, 0.6) is 0 Å². The van der Waals surface area contributed by atoms with Crippen LogP contribution >= 0.6 is 0 Å². The number of amides is 3. The van der Waals surface area contributed by atoms with Gasteiger partial charge in [-0.1, -0.05) is 36.4 Å². The average molecular weight is 450 g/mol. The van der Waals surface area contributed by atoms with Crippen molar-refractivity contribution < 1.29 is 18.8 Å². The van der Waals surface area contributed by atoms with E-state index in [1.165, 1.54) is 16.5 Å². The smallest absolute Gasteiger partial charge is 0.255 e. The van der Waals surface area contributed by atoms with Crippen LogP contribution in [-0.4, -0.2) is 53.2 Å². The molecule has 2 fully saturated rings. The summed E-state index contributed by atoms with van der Waals surface area (Å²) in [6.07, 6.45) is 3.29. The highest BCUT2D eigenvalue weighted by molar-refractivity contribution is 6.05. The van der Waals surface area contributed by atoms with Crippen molar-refractivity contribution in [3.8, 4) is 0 Å². The van der Waals surface area contributed by atoms with E-state index in [9.17, 15) is 14.4 Å². The molecule has 0 radical (unpaired) electrons. The molecular formula is C26H28FN3O3. The Hall–Kier alpha value is -3.06. The zero-order valence-electron chi connectivity index (χ0n) is 18.6. The van der Waals surface area contributed by atoms with Gasteiger partial charge < -0.3 is 9.80 Å². The molecule has 0 aliphatic carbocycles. The molecule has 3 heterocycles. The third-order valence-electron chi connectivity index (χ3n) is 7.23. The fraction of sp³-hybridized carbons (Fsp3) is 0.423. The minimum absolute atomic E-state index is 0.128. The highest BCUT2D eigenvalue weighted by Crippen LogP contribution is 2.35. The van der Waals surface area contributed by atoms with Crippen molar-refractivity contribution in [2.24, 2.45) is 0 Å². The second-order valence-corrected chi connectivity index (χ2v) is 9.28. The first kappa shape index (κ1) is 21.8. The first-order chi connectivity index (χ1) is 16.0. The van der Waals surface area contributed by atoms with E-state index < -0.39 is 11.9 Å². The number of fused-ring (bicyclic) bond motifs is 1. The predicted octanol–water partition coefficient (Wildman–Crippen LogP) is 3.01. The number of piperidine rings is 2. The minimum atomic E-state index is -0.679. The maximum atomic E-state index is 15.1. The molecule has 3 aliphatic heterocycles. The Morgan fingerprint density at radius 2 is 1.76 bits per heavy atom. The van der Waals surface area contributed by atoms with Crippen molar-refractivity contribution in [2.45, 2.75) is 50.6 Å². The molecule has 0 bridgehead atoms. The van der Waals surface area contributed by atoms with Gasteiger partial charge in [0.15, 0.2) is 0 Å². The topological polar surface area (TPSA) is 69.7 Å². The van der Waals surface area contributed by atoms with Crippen LogP contribution in [0.2, 0.25) is 0 Å². The normalized spacial score (nSPS) is 21.9. The van der Waals surface area contributed by atoms with E-state index in [1.54, 1.807) is 0 Å². The molecule has 2 aromatic rings. The summed E-state index contributed by atoms with van der Waals surface area (Å²) in [4.78, 5) is 40.5. The summed E-state index contributed by atoms with van der Waals surface area (Å²) < 4.78 is 15.1. The zero-order chi connectivity index (χ0) is 22.9. The number of carbonyl (C=O) groups excluding carboxylic acids is 3. The number of hydrogen-bond acceptors (Lipinski definition) is 4. The highest BCUT2D eigenvalue weighted by Gasteiger charge is 2.40. The van der Waals surface area contributed by atoms with Gasteiger partial charge in [0.1, 0.15) is 11.9 Å². The molecule has 2 aromatic carbocycles. The maximum Gasteiger partial charge on any atom is 0.255 e. The Morgan fingerprint density at radius 1 is 1.00 bits per heavy atom. The fourth-order valence-electron chi connectivity index (χ4n) is 5.32. The lowest BCUT2D eigenvalue weighted by Gasteiger charge is -2.32. The number of halogens is 1. The van der Waals surface area contributed by atoms with Gasteiger partial charge in [0.25, 0.3) is 5.91 Å². The molecule has 3 amide bonds. The molecule has 7 heteroatoms. The molecule has 172 valence electrons. The van der Waals surface area contributed by atoms with Crippen molar-refractivity contribution in [3.63, 3.8) is 0 Å². The van der Waals surface area contributed by atoms with Crippen LogP contribution in [0.1, 0.15) is 58.6 Å². The van der Waals surface area contributed by atoms with Gasteiger partial charge in [0.05, 0.1) is 0 Å². The number of nitrogens with one attached hydrogen (secondary N) is 1. The molecule has 33 heavy (non-hydrogen) atoms. The minimum Gasteiger partial charge on any atom is -0.322 e. The number of nitrogens with zero attached hydrogens (tertiary/aromatic N) is 2. The molecule has 0 spiro atoms. The van der Waals surface area contributed by atoms with E-state index in [0.29, 0.717) is 17.5 Å². The predicted molar refractivity (Wildman–Crippen MR) is 121 cm³/mol. The summed E-state index contributed by atoms with van der Waals surface area (Å²) in [5.74, 6) is -1.31. The van der Waals surface area contributed by atoms with Crippen LogP contribution in [-0.2, 0) is 22.6 Å². The average Bonchev–Trinajstić information content (AvgIpc) is 3.13. The lowest BCUT2D eigenvalue weighted by atomic mass is 9.87. The number of imide groups is 1. The zero-order valence-corrected chi connectivity index (χ0v) is 18.6. The number of hydrogen-bond donors (Lipinski definition) is 1. The molecule has 1 unspecified atom stereocenters. The van der Waals surface area contributed by atoms with Crippen molar-refractivity contribution in [1.82, 2.24) is 15.1 Å². The monoisotopic (exact) mass is 449 g/mol. The van der Waals surface area contributed by atoms with Crippen LogP contribution < -0.4 is 5.32 Å². The maximum absolute atomic E-state index is 15.1. The van der Waals surface area contributed by atoms with Crippen LogP contribution in [0.3, 0.4) is 0 Å². The molecule has 0 saturated carbocycles. The van der Waals surface area contributed by atoms with Gasteiger partial charge in [0, 0.05) is 25.1 Å². The number of rotatable bonds is 5. The molecule has 2 saturated heterocycles. The summed E-state index contributed by atoms with van der Waals surface area (Å²) >= 11 is 0. The van der Waals surface area contributed by atoms with Gasteiger partial charge in [-0.05, 0) is 67.4 Å². The van der Waals surface area contributed by atoms with E-state index in [2.05, 4.69) is 34.5 Å². The first-order valence-electron chi connectivity index (χ1n) is 11.7. The molecular weight excluding hydrogens is 421 g/mol. The second kappa shape index (κ2) is 9.06. The second-order valence-electron chi connectivity index (χ2n) is 9.28. The summed E-state index contributed by atoms with van der Waals surface area (Å²) in [6.45, 7) is 3.13. The molecule has 6 nitrogen and oxygen atoms in total. The van der Waals surface area contributed by atoms with E-state index in [4.69, 9.17) is 0 Å². The van der Waals surface area contributed by atoms with Crippen molar-refractivity contribution in [3.05, 3.63) is 70.5 Å². The van der Waals surface area contributed by atoms with Gasteiger partial charge in [-0.15, -0.1) is 0 Å². The standard InChI is InChI=1S/C26H28FN3O3/c27-22-15-21-19(16-30(26(21)33)23-6-7-24(31)28-25(23)32)14-20(22)18-9-12-29(13-10-18)11-8-17-4-2-1-3-5-17/h1-5,14-15,18,23H,6-13,16H2,(H,28,31,32). The van der Waals surface area contributed by atoms with Gasteiger partial charge in [0.2, 0.25) is 11.8 Å². The Labute approximate surface area is 192 Å². The SMILES string of the molecule is O=C1CCC(N2Cc3cc(C4CCN(CCc5ccccc5)CC4)c(F)cc3C2=O)C(=O)N1. The van der Waals surface area contributed by atoms with Crippen LogP contribution in [0.4, 0.5) is 4.39 Å². The Morgan fingerprint density at radius 3 is 2.48 bits per heavy atom. The fourth-order valence-corrected chi connectivity index (χ4v) is 5.32. The molecule has 3 aliphatic rings. The van der Waals surface area contributed by atoms with E-state index in [0.717, 1.165) is 44.5 Å². The third-order valence-corrected chi connectivity index (χ3v) is 7.23. The van der Waals surface area contributed by atoms with Gasteiger partial charge in [-0.2, -0.15) is 0 Å². The summed E-state index contributed by atoms with van der Waals surface area (Å²) in [5.41, 5.74) is 3.11. The summed E-state index contributed by atoms with van der Waals surface area (Å²) in [6, 6.07) is 12.9. The number of carbonyl (C=O) groups is 3. The van der Waals surface area contributed by atoms with Crippen LogP contribution in [0.15, 0.2) is 42.5 Å². The van der Waals surface area contributed by atoms with Gasteiger partial charge in [-0.3, -0.25) is 19.7 Å². The van der Waals surface area contributed by atoms with Gasteiger partial charge >= 0.3 is 0 Å². The quantitative estimate of drug-likeness (QED) is 0.713. The molecule has 5 rings (SSSR count). The lowest BCUT2D eigenvalue weighted by Crippen LogP contribution is -2.52. The first-order valence-corrected chi connectivity index (χ1v) is 11.7. The van der Waals surface area contributed by atoms with Gasteiger partial charge in [-0.25, -0.2) is 4.39 Å². The lowest BCUT2D eigenvalue weighted by molar-refractivity contribution is -0.136. The largest absolute Gasteiger partial charge is 0.322 e. The van der Waals surface area contributed by atoms with Crippen molar-refractivity contribution in [2.75, 3.05) is 19.6 Å². The van der Waals surface area contributed by atoms with Crippen molar-refractivity contribution in [1.29, 1.82) is 0 Å². The highest BCUT2D eigenvalue weighted by atomic mass is 19.1. The molecule has 1 atom stereocenters. The Bertz CT molecular complexity index is 1080. The van der Waals surface area contributed by atoms with E-state index in [-0.39, 0.29) is 36.5 Å². The summed E-state index contributed by atoms with van der Waals surface area (Å²) in [5, 5.41) is 2.30. The summed E-state index contributed by atoms with van der Waals surface area (Å²) in [7, 11) is 0. The van der Waals surface area contributed by atoms with E-state index >= 15 is 4.39 Å². The molecule has 0 aromatic heterocycles. The van der Waals surface area contributed by atoms with Crippen molar-refractivity contribution >= 4 is 17.7 Å². The Kier molecular flexibility index (Phi) is 5.98. The van der Waals surface area contributed by atoms with Crippen LogP contribution in [0, 0.1) is 5.82 Å². The third kappa shape index (κ3) is 4.42.